The Balaban J connectivity index is 0.000000276. The molecule has 5 heteroatoms. The SMILES string of the molecule is C(OCC1CO1)C1CO1.C1=CCC=C1.CO.CO. The van der Waals surface area contributed by atoms with Crippen LogP contribution in [0.2, 0.25) is 0 Å². The summed E-state index contributed by atoms with van der Waals surface area (Å²) in [4.78, 5) is 0. The first-order chi connectivity index (χ1) is 8.95. The zero-order valence-corrected chi connectivity index (χ0v) is 11.1. The van der Waals surface area contributed by atoms with Crippen LogP contribution in [0.25, 0.3) is 0 Å². The number of hydrogen-bond donors (Lipinski definition) is 2. The molecule has 0 aromatic rings. The summed E-state index contributed by atoms with van der Waals surface area (Å²) < 4.78 is 15.1. The fourth-order valence-electron chi connectivity index (χ4n) is 1.05. The lowest BCUT2D eigenvalue weighted by atomic mass is 10.5. The van der Waals surface area contributed by atoms with Crippen LogP contribution in [0.5, 0.6) is 0 Å². The zero-order chi connectivity index (χ0) is 13.6. The van der Waals surface area contributed by atoms with E-state index in [9.17, 15) is 0 Å². The van der Waals surface area contributed by atoms with Gasteiger partial charge in [-0.3, -0.25) is 0 Å². The van der Waals surface area contributed by atoms with Gasteiger partial charge in [0.1, 0.15) is 12.2 Å². The monoisotopic (exact) mass is 260 g/mol. The minimum absolute atomic E-state index is 0.392. The van der Waals surface area contributed by atoms with Crippen molar-refractivity contribution in [2.45, 2.75) is 18.6 Å². The summed E-state index contributed by atoms with van der Waals surface area (Å²) in [5.74, 6) is 0. The molecule has 106 valence electrons. The van der Waals surface area contributed by atoms with E-state index in [0.29, 0.717) is 12.2 Å². The van der Waals surface area contributed by atoms with Crippen LogP contribution in [0.3, 0.4) is 0 Å². The molecule has 0 spiro atoms. The van der Waals surface area contributed by atoms with Gasteiger partial charge in [-0.2, -0.15) is 0 Å². The maximum atomic E-state index is 7.00. The van der Waals surface area contributed by atoms with E-state index in [0.717, 1.165) is 47.1 Å². The highest BCUT2D eigenvalue weighted by Crippen LogP contribution is 2.12. The third-order valence-corrected chi connectivity index (χ3v) is 2.07. The largest absolute Gasteiger partial charge is 0.400 e. The number of epoxide rings is 2. The second kappa shape index (κ2) is 12.7. The molecule has 0 bridgehead atoms. The predicted molar refractivity (Wildman–Crippen MR) is 69.5 cm³/mol. The molecule has 0 saturated carbocycles. The topological polar surface area (TPSA) is 74.8 Å². The quantitative estimate of drug-likeness (QED) is 0.721. The number of rotatable bonds is 4. The third-order valence-electron chi connectivity index (χ3n) is 2.07. The van der Waals surface area contributed by atoms with Gasteiger partial charge in [0.2, 0.25) is 0 Å². The first-order valence-corrected chi connectivity index (χ1v) is 5.97. The van der Waals surface area contributed by atoms with Gasteiger partial charge < -0.3 is 24.4 Å². The molecule has 2 saturated heterocycles. The Hall–Kier alpha value is -0.720. The molecule has 2 heterocycles. The Labute approximate surface area is 109 Å². The predicted octanol–water partition coefficient (Wildman–Crippen LogP) is 0.520. The van der Waals surface area contributed by atoms with Crippen molar-refractivity contribution in [2.75, 3.05) is 40.6 Å². The molecule has 2 atom stereocenters. The molecule has 2 fully saturated rings. The molecule has 3 rings (SSSR count). The van der Waals surface area contributed by atoms with Crippen molar-refractivity contribution in [3.63, 3.8) is 0 Å². The smallest absolute Gasteiger partial charge is 0.104 e. The fraction of sp³-hybridized carbons (Fsp3) is 0.692. The van der Waals surface area contributed by atoms with Crippen LogP contribution < -0.4 is 0 Å². The Kier molecular flexibility index (Phi) is 12.2. The molecule has 5 nitrogen and oxygen atoms in total. The van der Waals surface area contributed by atoms with Crippen LogP contribution in [0.1, 0.15) is 6.42 Å². The first-order valence-electron chi connectivity index (χ1n) is 5.97. The lowest BCUT2D eigenvalue weighted by molar-refractivity contribution is 0.102. The van der Waals surface area contributed by atoms with Crippen LogP contribution in [0.4, 0.5) is 0 Å². The molecule has 0 amide bonds. The van der Waals surface area contributed by atoms with Crippen molar-refractivity contribution in [1.29, 1.82) is 0 Å². The average Bonchev–Trinajstić information content (AvgIpc) is 3.38. The minimum Gasteiger partial charge on any atom is -0.400 e. The van der Waals surface area contributed by atoms with Gasteiger partial charge in [0, 0.05) is 14.2 Å². The summed E-state index contributed by atoms with van der Waals surface area (Å²) in [6.07, 6.45) is 10.3. The molecule has 3 aliphatic rings. The maximum Gasteiger partial charge on any atom is 0.104 e. The van der Waals surface area contributed by atoms with Crippen LogP contribution in [0, 0.1) is 0 Å². The van der Waals surface area contributed by atoms with E-state index >= 15 is 0 Å². The Morgan fingerprint density at radius 3 is 1.56 bits per heavy atom. The van der Waals surface area contributed by atoms with E-state index < -0.39 is 0 Å². The second-order valence-electron chi connectivity index (χ2n) is 3.54. The van der Waals surface area contributed by atoms with E-state index in [2.05, 4.69) is 24.3 Å². The van der Waals surface area contributed by atoms with E-state index in [1.165, 1.54) is 0 Å². The van der Waals surface area contributed by atoms with Gasteiger partial charge in [-0.1, -0.05) is 24.3 Å². The summed E-state index contributed by atoms with van der Waals surface area (Å²) in [6.45, 7) is 3.26. The summed E-state index contributed by atoms with van der Waals surface area (Å²) in [6, 6.07) is 0. The van der Waals surface area contributed by atoms with Gasteiger partial charge in [-0.25, -0.2) is 0 Å². The van der Waals surface area contributed by atoms with Crippen LogP contribution >= 0.6 is 0 Å². The lowest BCUT2D eigenvalue weighted by Gasteiger charge is -1.95. The Morgan fingerprint density at radius 1 is 0.944 bits per heavy atom. The third kappa shape index (κ3) is 11.8. The van der Waals surface area contributed by atoms with Crippen molar-refractivity contribution in [1.82, 2.24) is 0 Å². The van der Waals surface area contributed by atoms with Crippen LogP contribution in [-0.2, 0) is 14.2 Å². The number of allylic oxidation sites excluding steroid dienone is 4. The van der Waals surface area contributed by atoms with E-state index in [-0.39, 0.29) is 0 Å². The van der Waals surface area contributed by atoms with Gasteiger partial charge in [-0.15, -0.1) is 0 Å². The van der Waals surface area contributed by atoms with Gasteiger partial charge in [0.05, 0.1) is 26.4 Å². The Bertz CT molecular complexity index is 197. The normalized spacial score (nSPS) is 24.9. The Morgan fingerprint density at radius 2 is 1.33 bits per heavy atom. The molecular formula is C13H24O5. The van der Waals surface area contributed by atoms with Crippen molar-refractivity contribution < 1.29 is 24.4 Å². The van der Waals surface area contributed by atoms with E-state index in [1.54, 1.807) is 0 Å². The second-order valence-corrected chi connectivity index (χ2v) is 3.54. The number of aliphatic hydroxyl groups is 2. The highest BCUT2D eigenvalue weighted by molar-refractivity contribution is 5.11. The highest BCUT2D eigenvalue weighted by atomic mass is 16.6. The standard InChI is InChI=1S/C6H10O3.C5H6.2CH4O/c1(5-3-8-5)7-2-6-4-9-6;1-2-4-5-3-1;2*1-2/h5-6H,1-4H2;1-4H,5H2;2*2H,1H3. The molecule has 1 aliphatic carbocycles. The fourth-order valence-corrected chi connectivity index (χ4v) is 1.05. The van der Waals surface area contributed by atoms with Crippen molar-refractivity contribution in [3.8, 4) is 0 Å². The van der Waals surface area contributed by atoms with Crippen molar-refractivity contribution in [3.05, 3.63) is 24.3 Å². The molecule has 2 N–H and O–H groups in total. The molecule has 2 aliphatic heterocycles. The first kappa shape index (κ1) is 17.3. The lowest BCUT2D eigenvalue weighted by Crippen LogP contribution is -2.06. The van der Waals surface area contributed by atoms with Gasteiger partial charge in [-0.05, 0) is 6.42 Å². The molecular weight excluding hydrogens is 236 g/mol. The summed E-state index contributed by atoms with van der Waals surface area (Å²) in [5, 5.41) is 14.0. The van der Waals surface area contributed by atoms with Crippen molar-refractivity contribution >= 4 is 0 Å². The van der Waals surface area contributed by atoms with E-state index in [4.69, 9.17) is 24.4 Å². The van der Waals surface area contributed by atoms with Gasteiger partial charge in [0.15, 0.2) is 0 Å². The number of hydrogen-bond acceptors (Lipinski definition) is 5. The molecule has 0 radical (unpaired) electrons. The molecule has 2 unspecified atom stereocenters. The minimum atomic E-state index is 0.392. The number of aliphatic hydroxyl groups excluding tert-OH is 2. The van der Waals surface area contributed by atoms with Crippen LogP contribution in [-0.4, -0.2) is 63.1 Å². The van der Waals surface area contributed by atoms with Gasteiger partial charge >= 0.3 is 0 Å². The average molecular weight is 260 g/mol. The highest BCUT2D eigenvalue weighted by Gasteiger charge is 2.26. The molecule has 0 aromatic heterocycles. The molecule has 18 heavy (non-hydrogen) atoms. The zero-order valence-electron chi connectivity index (χ0n) is 11.1. The summed E-state index contributed by atoms with van der Waals surface area (Å²) in [5.41, 5.74) is 0. The summed E-state index contributed by atoms with van der Waals surface area (Å²) >= 11 is 0. The van der Waals surface area contributed by atoms with Crippen LogP contribution in [0.15, 0.2) is 24.3 Å². The van der Waals surface area contributed by atoms with Crippen molar-refractivity contribution in [2.24, 2.45) is 0 Å². The van der Waals surface area contributed by atoms with E-state index in [1.807, 2.05) is 0 Å². The molecule has 0 aromatic carbocycles. The van der Waals surface area contributed by atoms with Gasteiger partial charge in [0.25, 0.3) is 0 Å². The number of ether oxygens (including phenoxy) is 3. The maximum absolute atomic E-state index is 7.00. The summed E-state index contributed by atoms with van der Waals surface area (Å²) in [7, 11) is 2.00.